The van der Waals surface area contributed by atoms with E-state index in [1.807, 2.05) is 19.0 Å². The Bertz CT molecular complexity index is 420. The van der Waals surface area contributed by atoms with Crippen molar-refractivity contribution >= 4 is 11.6 Å². The Hall–Kier alpha value is -1.40. The molecule has 1 aromatic rings. The Labute approximate surface area is 121 Å². The molecule has 1 aliphatic heterocycles. The quantitative estimate of drug-likeness (QED) is 0.790. The van der Waals surface area contributed by atoms with Crippen LogP contribution < -0.4 is 9.80 Å². The minimum Gasteiger partial charge on any atom is -0.379 e. The fourth-order valence-electron chi connectivity index (χ4n) is 2.52. The molecule has 0 saturated carbocycles. The highest BCUT2D eigenvalue weighted by Crippen LogP contribution is 2.21. The molecule has 1 atom stereocenters. The fraction of sp³-hybridized carbons (Fsp3) is 0.714. The van der Waals surface area contributed by atoms with Crippen LogP contribution in [0.2, 0.25) is 0 Å². The average molecular weight is 279 g/mol. The molecular formula is C14H25N5O. The summed E-state index contributed by atoms with van der Waals surface area (Å²) in [5, 5.41) is 0. The van der Waals surface area contributed by atoms with Crippen LogP contribution in [-0.2, 0) is 4.74 Å². The number of hydrogen-bond donors (Lipinski definition) is 0. The summed E-state index contributed by atoms with van der Waals surface area (Å²) in [7, 11) is 6.06. The molecule has 2 rings (SSSR count). The van der Waals surface area contributed by atoms with Crippen LogP contribution in [0.15, 0.2) is 12.4 Å². The average Bonchev–Trinajstić information content (AvgIpc) is 2.48. The van der Waals surface area contributed by atoms with E-state index in [0.29, 0.717) is 6.04 Å². The molecule has 1 aliphatic rings. The predicted octanol–water partition coefficient (Wildman–Crippen LogP) is 0.700. The second kappa shape index (κ2) is 6.85. The van der Waals surface area contributed by atoms with Gasteiger partial charge >= 0.3 is 0 Å². The molecule has 0 aromatic carbocycles. The first-order valence-electron chi connectivity index (χ1n) is 7.11. The van der Waals surface area contributed by atoms with Crippen LogP contribution in [0.3, 0.4) is 0 Å². The third-order valence-corrected chi connectivity index (χ3v) is 3.65. The first-order chi connectivity index (χ1) is 9.59. The summed E-state index contributed by atoms with van der Waals surface area (Å²) in [6.07, 6.45) is 3.48. The first-order valence-corrected chi connectivity index (χ1v) is 7.11. The number of ether oxygens (including phenoxy) is 1. The second-order valence-electron chi connectivity index (χ2n) is 5.48. The topological polar surface area (TPSA) is 44.7 Å². The zero-order valence-corrected chi connectivity index (χ0v) is 12.9. The standard InChI is InChI=1S/C14H25N5O/c1-12(19-7-9-20-10-8-19)11-18(4)14-13(17(2)3)15-5-6-16-14/h5-6,12H,7-11H2,1-4H3/t12-/m0/s1. The van der Waals surface area contributed by atoms with Crippen molar-refractivity contribution in [3.05, 3.63) is 12.4 Å². The monoisotopic (exact) mass is 279 g/mol. The van der Waals surface area contributed by atoms with E-state index in [1.165, 1.54) is 0 Å². The lowest BCUT2D eigenvalue weighted by atomic mass is 10.2. The molecule has 0 aliphatic carbocycles. The normalized spacial score (nSPS) is 17.8. The van der Waals surface area contributed by atoms with Crippen LogP contribution in [0.4, 0.5) is 11.6 Å². The summed E-state index contributed by atoms with van der Waals surface area (Å²) in [6, 6.07) is 0.473. The molecule has 1 aromatic heterocycles. The van der Waals surface area contributed by atoms with Crippen LogP contribution in [0.5, 0.6) is 0 Å². The van der Waals surface area contributed by atoms with E-state index in [9.17, 15) is 0 Å². The van der Waals surface area contributed by atoms with Gasteiger partial charge in [0.2, 0.25) is 0 Å². The van der Waals surface area contributed by atoms with Crippen LogP contribution >= 0.6 is 0 Å². The second-order valence-corrected chi connectivity index (χ2v) is 5.48. The van der Waals surface area contributed by atoms with Crippen LogP contribution in [0, 0.1) is 0 Å². The molecule has 6 nitrogen and oxygen atoms in total. The largest absolute Gasteiger partial charge is 0.379 e. The van der Waals surface area contributed by atoms with Crippen LogP contribution in [0.25, 0.3) is 0 Å². The number of likely N-dealkylation sites (N-methyl/N-ethyl adjacent to an activating group) is 1. The molecule has 20 heavy (non-hydrogen) atoms. The van der Waals surface area contributed by atoms with Crippen molar-refractivity contribution in [2.45, 2.75) is 13.0 Å². The Balaban J connectivity index is 2.02. The molecule has 112 valence electrons. The lowest BCUT2D eigenvalue weighted by Crippen LogP contribution is -2.47. The van der Waals surface area contributed by atoms with Gasteiger partial charge in [0.15, 0.2) is 11.6 Å². The molecule has 0 spiro atoms. The molecule has 2 heterocycles. The van der Waals surface area contributed by atoms with Gasteiger partial charge in [-0.3, -0.25) is 4.90 Å². The lowest BCUT2D eigenvalue weighted by molar-refractivity contribution is 0.0218. The van der Waals surface area contributed by atoms with E-state index in [2.05, 4.69) is 33.7 Å². The Morgan fingerprint density at radius 3 is 2.35 bits per heavy atom. The summed E-state index contributed by atoms with van der Waals surface area (Å²) in [6.45, 7) is 6.88. The van der Waals surface area contributed by atoms with Gasteiger partial charge in [0.05, 0.1) is 13.2 Å². The predicted molar refractivity (Wildman–Crippen MR) is 81.5 cm³/mol. The zero-order chi connectivity index (χ0) is 14.5. The van der Waals surface area contributed by atoms with Crippen molar-refractivity contribution in [2.24, 2.45) is 0 Å². The molecule has 1 saturated heterocycles. The van der Waals surface area contributed by atoms with Crippen molar-refractivity contribution in [3.63, 3.8) is 0 Å². The Morgan fingerprint density at radius 1 is 1.15 bits per heavy atom. The maximum atomic E-state index is 5.41. The highest BCUT2D eigenvalue weighted by Gasteiger charge is 2.20. The van der Waals surface area contributed by atoms with Crippen molar-refractivity contribution in [1.29, 1.82) is 0 Å². The van der Waals surface area contributed by atoms with Gasteiger partial charge in [0.25, 0.3) is 0 Å². The maximum absolute atomic E-state index is 5.41. The van der Waals surface area contributed by atoms with E-state index in [4.69, 9.17) is 4.74 Å². The van der Waals surface area contributed by atoms with Crippen molar-refractivity contribution in [2.75, 3.05) is 63.8 Å². The van der Waals surface area contributed by atoms with Gasteiger partial charge in [-0.1, -0.05) is 0 Å². The Kier molecular flexibility index (Phi) is 5.14. The van der Waals surface area contributed by atoms with E-state index >= 15 is 0 Å². The van der Waals surface area contributed by atoms with Gasteiger partial charge in [-0.2, -0.15) is 0 Å². The number of hydrogen-bond acceptors (Lipinski definition) is 6. The molecule has 0 bridgehead atoms. The minimum atomic E-state index is 0.473. The number of morpholine rings is 1. The first kappa shape index (κ1) is 15.0. The van der Waals surface area contributed by atoms with E-state index in [-0.39, 0.29) is 0 Å². The van der Waals surface area contributed by atoms with Gasteiger partial charge in [-0.15, -0.1) is 0 Å². The van der Waals surface area contributed by atoms with Gasteiger partial charge in [0.1, 0.15) is 0 Å². The number of anilines is 2. The lowest BCUT2D eigenvalue weighted by Gasteiger charge is -2.35. The van der Waals surface area contributed by atoms with Crippen LogP contribution in [0.1, 0.15) is 6.92 Å². The molecule has 6 heteroatoms. The highest BCUT2D eigenvalue weighted by molar-refractivity contribution is 5.60. The maximum Gasteiger partial charge on any atom is 0.171 e. The summed E-state index contributed by atoms with van der Waals surface area (Å²) >= 11 is 0. The molecule has 0 radical (unpaired) electrons. The van der Waals surface area contributed by atoms with Gasteiger partial charge in [-0.05, 0) is 6.92 Å². The summed E-state index contributed by atoms with van der Waals surface area (Å²) in [5.74, 6) is 1.83. The van der Waals surface area contributed by atoms with Crippen LogP contribution in [-0.4, -0.2) is 74.9 Å². The van der Waals surface area contributed by atoms with E-state index in [1.54, 1.807) is 12.4 Å². The zero-order valence-electron chi connectivity index (χ0n) is 12.9. The smallest absolute Gasteiger partial charge is 0.171 e. The SMILES string of the molecule is C[C@@H](CN(C)c1nccnc1N(C)C)N1CCOCC1. The Morgan fingerprint density at radius 2 is 1.75 bits per heavy atom. The van der Waals surface area contributed by atoms with Gasteiger partial charge < -0.3 is 14.5 Å². The highest BCUT2D eigenvalue weighted by atomic mass is 16.5. The van der Waals surface area contributed by atoms with Crippen molar-refractivity contribution < 1.29 is 4.74 Å². The summed E-state index contributed by atoms with van der Waals surface area (Å²) in [4.78, 5) is 15.5. The molecule has 0 amide bonds. The summed E-state index contributed by atoms with van der Waals surface area (Å²) < 4.78 is 5.41. The summed E-state index contributed by atoms with van der Waals surface area (Å²) in [5.41, 5.74) is 0. The third-order valence-electron chi connectivity index (χ3n) is 3.65. The number of rotatable bonds is 5. The fourth-order valence-corrected chi connectivity index (χ4v) is 2.52. The van der Waals surface area contributed by atoms with E-state index < -0.39 is 0 Å². The van der Waals surface area contributed by atoms with Gasteiger partial charge in [-0.25, -0.2) is 9.97 Å². The molecule has 1 fully saturated rings. The third kappa shape index (κ3) is 3.58. The van der Waals surface area contributed by atoms with Crippen molar-refractivity contribution in [3.8, 4) is 0 Å². The molecule has 0 N–H and O–H groups in total. The van der Waals surface area contributed by atoms with Crippen molar-refractivity contribution in [1.82, 2.24) is 14.9 Å². The molecule has 0 unspecified atom stereocenters. The van der Waals surface area contributed by atoms with Gasteiger partial charge in [0, 0.05) is 59.2 Å². The number of aromatic nitrogens is 2. The number of nitrogens with zero attached hydrogens (tertiary/aromatic N) is 5. The minimum absolute atomic E-state index is 0.473. The molecular weight excluding hydrogens is 254 g/mol. The van der Waals surface area contributed by atoms with E-state index in [0.717, 1.165) is 44.5 Å².